The summed E-state index contributed by atoms with van der Waals surface area (Å²) in [7, 11) is 3.44. The zero-order valence-electron chi connectivity index (χ0n) is 20.7. The molecule has 3 aromatic rings. The highest BCUT2D eigenvalue weighted by Crippen LogP contribution is 2.59. The molecule has 0 fully saturated rings. The Labute approximate surface area is 201 Å². The molecule has 34 heavy (non-hydrogen) atoms. The van der Waals surface area contributed by atoms with Gasteiger partial charge in [0.1, 0.15) is 13.0 Å². The largest absolute Gasteiger partial charge is 0.459 e. The van der Waals surface area contributed by atoms with Crippen LogP contribution in [0.1, 0.15) is 30.7 Å². The van der Waals surface area contributed by atoms with Crippen molar-refractivity contribution in [2.75, 3.05) is 26.0 Å². The number of fused-ring (bicyclic) bond motifs is 1. The van der Waals surface area contributed by atoms with Crippen molar-refractivity contribution in [3.63, 3.8) is 0 Å². The van der Waals surface area contributed by atoms with Crippen molar-refractivity contribution in [1.29, 1.82) is 0 Å². The minimum absolute atomic E-state index is 0.0233. The Hall–Kier alpha value is -3.15. The first kappa shape index (κ1) is 24.0. The van der Waals surface area contributed by atoms with Gasteiger partial charge in [-0.3, -0.25) is 14.8 Å². The highest BCUT2D eigenvalue weighted by atomic mass is 31.2. The normalized spacial score (nSPS) is 17.6. The first-order valence-corrected chi connectivity index (χ1v) is 12.9. The monoisotopic (exact) mass is 478 g/mol. The number of furan rings is 1. The van der Waals surface area contributed by atoms with E-state index in [0.717, 1.165) is 28.2 Å². The second kappa shape index (κ2) is 8.57. The van der Waals surface area contributed by atoms with Crippen molar-refractivity contribution in [3.05, 3.63) is 93.1 Å². The average Bonchev–Trinajstić information content (AvgIpc) is 3.30. The van der Waals surface area contributed by atoms with E-state index in [4.69, 9.17) is 9.16 Å². The van der Waals surface area contributed by atoms with E-state index in [0.29, 0.717) is 5.69 Å². The zero-order chi connectivity index (χ0) is 24.8. The number of non-ortho nitro benzene ring substituents is 1. The fourth-order valence-corrected chi connectivity index (χ4v) is 7.57. The van der Waals surface area contributed by atoms with Crippen LogP contribution in [0.5, 0.6) is 0 Å². The van der Waals surface area contributed by atoms with Crippen molar-refractivity contribution in [2.24, 2.45) is 4.74 Å². The molecule has 1 unspecified atom stereocenters. The minimum atomic E-state index is -2.63. The van der Waals surface area contributed by atoms with Gasteiger partial charge in [-0.05, 0) is 63.1 Å². The maximum absolute atomic E-state index is 11.5. The van der Waals surface area contributed by atoms with Crippen LogP contribution in [0, 0.1) is 24.0 Å². The number of rotatable bonds is 5. The quantitative estimate of drug-likeness (QED) is 0.231. The summed E-state index contributed by atoms with van der Waals surface area (Å²) in [4.78, 5) is 13.3. The molecule has 1 aliphatic rings. The van der Waals surface area contributed by atoms with Crippen LogP contribution in [-0.4, -0.2) is 30.7 Å². The Morgan fingerprint density at radius 2 is 1.82 bits per heavy atom. The fraction of sp³-hybridized carbons (Fsp3) is 0.308. The van der Waals surface area contributed by atoms with Gasteiger partial charge in [0.25, 0.3) is 5.69 Å². The molecule has 0 radical (unpaired) electrons. The Morgan fingerprint density at radius 1 is 1.12 bits per heavy atom. The van der Waals surface area contributed by atoms with Crippen LogP contribution in [0.15, 0.2) is 75.3 Å². The highest BCUT2D eigenvalue weighted by Gasteiger charge is 2.41. The van der Waals surface area contributed by atoms with Crippen molar-refractivity contribution in [1.82, 2.24) is 4.67 Å². The molecule has 0 amide bonds. The molecule has 1 atom stereocenters. The van der Waals surface area contributed by atoms with Crippen LogP contribution in [0.3, 0.4) is 0 Å². The Morgan fingerprint density at radius 3 is 2.41 bits per heavy atom. The topological polar surface area (TPSA) is 75.1 Å². The molecule has 7 nitrogen and oxygen atoms in total. The van der Waals surface area contributed by atoms with E-state index in [1.807, 2.05) is 40.1 Å². The van der Waals surface area contributed by atoms with E-state index in [1.54, 1.807) is 12.1 Å². The number of nitro benzene ring substituents is 1. The molecule has 1 aromatic heterocycles. The summed E-state index contributed by atoms with van der Waals surface area (Å²) in [5, 5.41) is 11.5. The predicted octanol–water partition coefficient (Wildman–Crippen LogP) is 6.71. The molecule has 178 valence electrons. The van der Waals surface area contributed by atoms with E-state index in [2.05, 4.69) is 60.5 Å². The summed E-state index contributed by atoms with van der Waals surface area (Å²) in [5.41, 5.74) is 5.54. The van der Waals surface area contributed by atoms with Crippen LogP contribution < -0.4 is 10.4 Å². The van der Waals surface area contributed by atoms with Crippen molar-refractivity contribution < 1.29 is 9.34 Å². The summed E-state index contributed by atoms with van der Waals surface area (Å²) in [5.74, 6) is 3.04. The van der Waals surface area contributed by atoms with E-state index in [1.165, 1.54) is 11.6 Å². The lowest BCUT2D eigenvalue weighted by molar-refractivity contribution is -0.384. The number of anilines is 1. The van der Waals surface area contributed by atoms with Crippen molar-refractivity contribution in [2.45, 2.75) is 33.1 Å². The molecule has 0 N–H and O–H groups in total. The van der Waals surface area contributed by atoms with Gasteiger partial charge < -0.3 is 9.32 Å². The number of para-hydroxylation sites is 1. The second-order valence-corrected chi connectivity index (χ2v) is 12.4. The van der Waals surface area contributed by atoms with Crippen LogP contribution in [-0.2, 0) is 5.41 Å². The predicted molar refractivity (Wildman–Crippen MR) is 140 cm³/mol. The van der Waals surface area contributed by atoms with E-state index < -0.39 is 7.21 Å². The number of allylic oxidation sites excluding steroid dienone is 1. The molecular weight excluding hydrogens is 447 g/mol. The van der Waals surface area contributed by atoms with Gasteiger partial charge in [0, 0.05) is 36.0 Å². The Bertz CT molecular complexity index is 1350. The van der Waals surface area contributed by atoms with E-state index >= 15 is 0 Å². The number of benzene rings is 2. The zero-order valence-corrected chi connectivity index (χ0v) is 21.6. The molecule has 4 rings (SSSR count). The molecule has 0 bridgehead atoms. The third kappa shape index (κ3) is 3.89. The molecule has 2 aromatic carbocycles. The van der Waals surface area contributed by atoms with Gasteiger partial charge in [-0.15, -0.1) is 0 Å². The molecule has 8 heteroatoms. The smallest absolute Gasteiger partial charge is 0.271 e. The van der Waals surface area contributed by atoms with Crippen molar-refractivity contribution in [3.8, 4) is 0 Å². The highest BCUT2D eigenvalue weighted by molar-refractivity contribution is 7.74. The third-order valence-electron chi connectivity index (χ3n) is 6.57. The van der Waals surface area contributed by atoms with Gasteiger partial charge in [-0.2, -0.15) is 0 Å². The third-order valence-corrected chi connectivity index (χ3v) is 9.80. The number of likely N-dealkylation sites (N-methyl/N-ethyl adjacent to an activating group) is 1. The first-order valence-electron chi connectivity index (χ1n) is 11.2. The van der Waals surface area contributed by atoms with Crippen LogP contribution in [0.25, 0.3) is 0 Å². The molecular formula is C26H31N4O3P. The number of hydrogen-bond donors (Lipinski definition) is 0. The molecule has 2 heterocycles. The van der Waals surface area contributed by atoms with Gasteiger partial charge in [-0.25, -0.2) is 4.74 Å². The van der Waals surface area contributed by atoms with Gasteiger partial charge >= 0.3 is 0 Å². The van der Waals surface area contributed by atoms with Crippen LogP contribution in [0.2, 0.25) is 0 Å². The number of aryl methyl sites for hydroxylation is 2. The Balaban J connectivity index is 2.06. The van der Waals surface area contributed by atoms with E-state index in [-0.39, 0.29) is 16.0 Å². The van der Waals surface area contributed by atoms with Gasteiger partial charge in [0.2, 0.25) is 0 Å². The second-order valence-electron chi connectivity index (χ2n) is 9.42. The summed E-state index contributed by atoms with van der Waals surface area (Å²) in [6.07, 6.45) is 0. The summed E-state index contributed by atoms with van der Waals surface area (Å²) in [6, 6.07) is 17.2. The van der Waals surface area contributed by atoms with E-state index in [9.17, 15) is 10.1 Å². The Kier molecular flexibility index (Phi) is 6.05. The molecule has 0 saturated heterocycles. The first-order chi connectivity index (χ1) is 16.0. The number of hydrogen-bond acceptors (Lipinski definition) is 5. The number of nitrogens with zero attached hydrogens (tertiary/aromatic N) is 4. The fourth-order valence-electron chi connectivity index (χ4n) is 4.53. The maximum Gasteiger partial charge on any atom is 0.271 e. The minimum Gasteiger partial charge on any atom is -0.459 e. The van der Waals surface area contributed by atoms with Gasteiger partial charge in [0.05, 0.1) is 10.6 Å². The lowest BCUT2D eigenvalue weighted by atomic mass is 9.84. The maximum atomic E-state index is 11.5. The molecule has 0 saturated carbocycles. The standard InChI is InChI=1S/C26H31N4O3P/c1-18-12-14-20(30(31)32)16-22(18)27-34(28(5)6,25-15-13-19(2)33-25)17-24-26(3,4)21-10-8-9-11-23(21)29(24)7/h8-17H,1-7H3/b24-17-. The molecule has 1 aliphatic heterocycles. The summed E-state index contributed by atoms with van der Waals surface area (Å²) >= 11 is 0. The van der Waals surface area contributed by atoms with Crippen molar-refractivity contribution >= 4 is 29.8 Å². The number of nitro groups is 1. The van der Waals surface area contributed by atoms with Gasteiger partial charge in [0.15, 0.2) is 5.50 Å². The lowest BCUT2D eigenvalue weighted by Gasteiger charge is -2.31. The van der Waals surface area contributed by atoms with Gasteiger partial charge in [-0.1, -0.05) is 38.1 Å². The average molecular weight is 479 g/mol. The lowest BCUT2D eigenvalue weighted by Crippen LogP contribution is -2.25. The summed E-state index contributed by atoms with van der Waals surface area (Å²) < 4.78 is 13.6. The SMILES string of the molecule is Cc1ccc(P(/C=C2\N(C)c3ccccc3C2(C)C)(=Nc2cc([N+](=O)[O-])ccc2C)N(C)C)o1. The molecule has 0 spiro atoms. The summed E-state index contributed by atoms with van der Waals surface area (Å²) in [6.45, 7) is 8.28. The van der Waals surface area contributed by atoms with Crippen LogP contribution >= 0.6 is 7.21 Å². The molecule has 0 aliphatic carbocycles. The van der Waals surface area contributed by atoms with Crippen LogP contribution in [0.4, 0.5) is 17.1 Å².